The molecule has 2 unspecified atom stereocenters. The molecule has 2 aromatic carbocycles. The third-order valence-electron chi connectivity index (χ3n) is 5.44. The minimum atomic E-state index is -3.57. The van der Waals surface area contributed by atoms with Gasteiger partial charge in [-0.2, -0.15) is 9.40 Å². The lowest BCUT2D eigenvalue weighted by atomic mass is 9.94. The first-order valence-corrected chi connectivity index (χ1v) is 11.8. The van der Waals surface area contributed by atoms with Crippen LogP contribution < -0.4 is 5.32 Å². The zero-order chi connectivity index (χ0) is 22.0. The van der Waals surface area contributed by atoms with Crippen molar-refractivity contribution in [2.75, 3.05) is 18.4 Å². The Bertz CT molecular complexity index is 1150. The van der Waals surface area contributed by atoms with Crippen molar-refractivity contribution in [3.63, 3.8) is 0 Å². The van der Waals surface area contributed by atoms with Crippen LogP contribution in [0.25, 0.3) is 5.69 Å². The van der Waals surface area contributed by atoms with E-state index >= 15 is 0 Å². The van der Waals surface area contributed by atoms with Gasteiger partial charge in [0.05, 0.1) is 10.6 Å². The van der Waals surface area contributed by atoms with Crippen molar-refractivity contribution in [1.82, 2.24) is 14.1 Å². The predicted octanol–water partition coefficient (Wildman–Crippen LogP) is 3.79. The minimum absolute atomic E-state index is 0.207. The van der Waals surface area contributed by atoms with Crippen molar-refractivity contribution in [2.24, 2.45) is 11.8 Å². The summed E-state index contributed by atoms with van der Waals surface area (Å²) in [5.41, 5.74) is 1.26. The Kier molecular flexibility index (Phi) is 5.93. The maximum absolute atomic E-state index is 13.0. The highest BCUT2D eigenvalue weighted by Crippen LogP contribution is 2.26. The van der Waals surface area contributed by atoms with Crippen molar-refractivity contribution >= 4 is 21.7 Å². The number of para-hydroxylation sites is 1. The molecule has 1 N–H and O–H groups in total. The second-order valence-corrected chi connectivity index (χ2v) is 10.2. The number of anilines is 1. The van der Waals surface area contributed by atoms with Crippen LogP contribution in [-0.4, -0.2) is 41.5 Å². The van der Waals surface area contributed by atoms with Crippen LogP contribution >= 0.6 is 0 Å². The first-order valence-electron chi connectivity index (χ1n) is 10.4. The molecule has 0 saturated carbocycles. The van der Waals surface area contributed by atoms with Gasteiger partial charge >= 0.3 is 0 Å². The Morgan fingerprint density at radius 3 is 2.26 bits per heavy atom. The van der Waals surface area contributed by atoms with E-state index in [2.05, 4.69) is 24.3 Å². The lowest BCUT2D eigenvalue weighted by molar-refractivity contribution is 0.102. The minimum Gasteiger partial charge on any atom is -0.305 e. The zero-order valence-electron chi connectivity index (χ0n) is 17.6. The molecule has 0 aliphatic carbocycles. The maximum atomic E-state index is 13.0. The number of carbonyl (C=O) groups excluding carboxylic acids is 1. The number of benzene rings is 2. The van der Waals surface area contributed by atoms with Crippen molar-refractivity contribution in [3.8, 4) is 5.69 Å². The molecule has 4 rings (SSSR count). The highest BCUT2D eigenvalue weighted by Gasteiger charge is 2.31. The van der Waals surface area contributed by atoms with Crippen LogP contribution in [-0.2, 0) is 10.0 Å². The molecule has 3 aromatic rings. The Balaban J connectivity index is 1.45. The largest absolute Gasteiger partial charge is 0.305 e. The summed E-state index contributed by atoms with van der Waals surface area (Å²) in [6.07, 6.45) is 2.80. The molecular weight excluding hydrogens is 412 g/mol. The van der Waals surface area contributed by atoms with Crippen molar-refractivity contribution < 1.29 is 13.2 Å². The van der Waals surface area contributed by atoms with Crippen LogP contribution in [0.15, 0.2) is 71.8 Å². The molecule has 1 aliphatic heterocycles. The molecule has 31 heavy (non-hydrogen) atoms. The van der Waals surface area contributed by atoms with Gasteiger partial charge in [0, 0.05) is 30.9 Å². The lowest BCUT2D eigenvalue weighted by Gasteiger charge is -2.34. The predicted molar refractivity (Wildman–Crippen MR) is 120 cm³/mol. The van der Waals surface area contributed by atoms with Crippen LogP contribution in [0.5, 0.6) is 0 Å². The number of hydrogen-bond donors (Lipinski definition) is 1. The van der Waals surface area contributed by atoms with E-state index in [1.54, 1.807) is 21.3 Å². The van der Waals surface area contributed by atoms with E-state index in [1.807, 2.05) is 30.3 Å². The van der Waals surface area contributed by atoms with Crippen LogP contribution in [0.3, 0.4) is 0 Å². The van der Waals surface area contributed by atoms with Crippen molar-refractivity contribution in [1.29, 1.82) is 0 Å². The first kappa shape index (κ1) is 21.3. The summed E-state index contributed by atoms with van der Waals surface area (Å²) in [5, 5.41) is 7.11. The number of aromatic nitrogens is 2. The summed E-state index contributed by atoms with van der Waals surface area (Å²) in [6, 6.07) is 17.4. The number of amides is 1. The molecule has 0 bridgehead atoms. The number of hydrogen-bond acceptors (Lipinski definition) is 4. The average molecular weight is 439 g/mol. The summed E-state index contributed by atoms with van der Waals surface area (Å²) in [7, 11) is -3.57. The average Bonchev–Trinajstić information content (AvgIpc) is 3.22. The fourth-order valence-corrected chi connectivity index (χ4v) is 5.71. The van der Waals surface area contributed by atoms with E-state index in [0.29, 0.717) is 36.3 Å². The molecule has 2 heterocycles. The van der Waals surface area contributed by atoms with Crippen LogP contribution in [0.4, 0.5) is 5.82 Å². The third-order valence-corrected chi connectivity index (χ3v) is 7.29. The van der Waals surface area contributed by atoms with Crippen LogP contribution in [0, 0.1) is 11.8 Å². The second-order valence-electron chi connectivity index (χ2n) is 8.23. The number of sulfonamides is 1. The number of nitrogens with zero attached hydrogens (tertiary/aromatic N) is 3. The summed E-state index contributed by atoms with van der Waals surface area (Å²) >= 11 is 0. The first-order chi connectivity index (χ1) is 14.8. The van der Waals surface area contributed by atoms with Crippen LogP contribution in [0.1, 0.15) is 30.6 Å². The molecule has 1 aromatic heterocycles. The Hall–Kier alpha value is -2.97. The van der Waals surface area contributed by atoms with Gasteiger partial charge in [0.2, 0.25) is 10.0 Å². The molecule has 8 heteroatoms. The van der Waals surface area contributed by atoms with Gasteiger partial charge in [0.1, 0.15) is 0 Å². The third kappa shape index (κ3) is 4.70. The normalized spacial score (nSPS) is 19.8. The summed E-state index contributed by atoms with van der Waals surface area (Å²) < 4.78 is 29.2. The fourth-order valence-electron chi connectivity index (χ4n) is 4.03. The standard InChI is InChI=1S/C23H26N4O3S/c1-17-14-18(2)16-26(15-17)31(29,30)21-10-8-19(9-11-21)23(28)24-22-12-13-27(25-22)20-6-4-3-5-7-20/h3-13,17-18H,14-16H2,1-2H3,(H,24,25,28). The van der Waals surface area contributed by atoms with Gasteiger partial charge in [0.25, 0.3) is 5.91 Å². The van der Waals surface area contributed by atoms with E-state index in [4.69, 9.17) is 0 Å². The van der Waals surface area contributed by atoms with Crippen LogP contribution in [0.2, 0.25) is 0 Å². The topological polar surface area (TPSA) is 84.3 Å². The molecule has 1 fully saturated rings. The van der Waals surface area contributed by atoms with E-state index in [-0.39, 0.29) is 10.8 Å². The molecule has 0 radical (unpaired) electrons. The summed E-state index contributed by atoms with van der Waals surface area (Å²) in [5.74, 6) is 0.739. The van der Waals surface area contributed by atoms with E-state index < -0.39 is 10.0 Å². The van der Waals surface area contributed by atoms with E-state index in [1.165, 1.54) is 24.3 Å². The second kappa shape index (κ2) is 8.64. The number of rotatable bonds is 5. The molecule has 1 aliphatic rings. The smallest absolute Gasteiger partial charge is 0.256 e. The molecule has 7 nitrogen and oxygen atoms in total. The highest BCUT2D eigenvalue weighted by atomic mass is 32.2. The summed E-state index contributed by atoms with van der Waals surface area (Å²) in [4.78, 5) is 12.8. The summed E-state index contributed by atoms with van der Waals surface area (Å²) in [6.45, 7) is 5.20. The SMILES string of the molecule is CC1CC(C)CN(S(=O)(=O)c2ccc(C(=O)Nc3ccn(-c4ccccc4)n3)cc2)C1. The number of piperidine rings is 1. The Morgan fingerprint density at radius 2 is 1.61 bits per heavy atom. The van der Waals surface area contributed by atoms with Gasteiger partial charge < -0.3 is 5.32 Å². The van der Waals surface area contributed by atoms with Gasteiger partial charge in [-0.15, -0.1) is 0 Å². The van der Waals surface area contributed by atoms with Crippen molar-refractivity contribution in [3.05, 3.63) is 72.4 Å². The molecule has 1 saturated heterocycles. The number of nitrogens with one attached hydrogen (secondary N) is 1. The number of carbonyl (C=O) groups is 1. The molecule has 2 atom stereocenters. The van der Waals surface area contributed by atoms with E-state index in [0.717, 1.165) is 12.1 Å². The zero-order valence-corrected chi connectivity index (χ0v) is 18.4. The molecular formula is C23H26N4O3S. The van der Waals surface area contributed by atoms with Crippen molar-refractivity contribution in [2.45, 2.75) is 25.2 Å². The quantitative estimate of drug-likeness (QED) is 0.657. The monoisotopic (exact) mass is 438 g/mol. The van der Waals surface area contributed by atoms with Gasteiger partial charge in [-0.05, 0) is 54.7 Å². The van der Waals surface area contributed by atoms with Gasteiger partial charge in [-0.3, -0.25) is 4.79 Å². The lowest BCUT2D eigenvalue weighted by Crippen LogP contribution is -2.42. The highest BCUT2D eigenvalue weighted by molar-refractivity contribution is 7.89. The van der Waals surface area contributed by atoms with Gasteiger partial charge in [0.15, 0.2) is 5.82 Å². The Labute approximate surface area is 182 Å². The molecule has 0 spiro atoms. The molecule has 162 valence electrons. The Morgan fingerprint density at radius 1 is 0.968 bits per heavy atom. The maximum Gasteiger partial charge on any atom is 0.256 e. The molecule has 1 amide bonds. The van der Waals surface area contributed by atoms with Gasteiger partial charge in [-0.25, -0.2) is 13.1 Å². The fraction of sp³-hybridized carbons (Fsp3) is 0.304. The van der Waals surface area contributed by atoms with Gasteiger partial charge in [-0.1, -0.05) is 32.0 Å². The van der Waals surface area contributed by atoms with E-state index in [9.17, 15) is 13.2 Å².